The van der Waals surface area contributed by atoms with Crippen molar-refractivity contribution in [2.75, 3.05) is 13.7 Å². The number of aromatic nitrogens is 4. The van der Waals surface area contributed by atoms with E-state index in [0.717, 1.165) is 35.9 Å². The minimum absolute atomic E-state index is 0.0172. The van der Waals surface area contributed by atoms with Gasteiger partial charge in [-0.3, -0.25) is 9.36 Å². The molecule has 0 aliphatic rings. The van der Waals surface area contributed by atoms with Gasteiger partial charge in [0.2, 0.25) is 0 Å². The lowest BCUT2D eigenvalue weighted by Gasteiger charge is -2.20. The van der Waals surface area contributed by atoms with Crippen molar-refractivity contribution in [2.45, 2.75) is 33.4 Å². The zero-order chi connectivity index (χ0) is 14.7. The van der Waals surface area contributed by atoms with E-state index in [9.17, 15) is 0 Å². The highest BCUT2D eigenvalue weighted by molar-refractivity contribution is 5.34. The number of nitrogens with one attached hydrogen (secondary N) is 1. The smallest absolute Gasteiger partial charge is 0.161 e. The summed E-state index contributed by atoms with van der Waals surface area (Å²) in [6.07, 6.45) is 1.75. The van der Waals surface area contributed by atoms with Crippen molar-refractivity contribution in [1.82, 2.24) is 24.9 Å². The Balaban J connectivity index is 2.52. The molecular formula is C14H23N5O. The van der Waals surface area contributed by atoms with Gasteiger partial charge in [0, 0.05) is 13.6 Å². The van der Waals surface area contributed by atoms with Gasteiger partial charge in [-0.05, 0) is 26.5 Å². The van der Waals surface area contributed by atoms with E-state index in [2.05, 4.69) is 35.4 Å². The second-order valence-electron chi connectivity index (χ2n) is 4.74. The summed E-state index contributed by atoms with van der Waals surface area (Å²) >= 11 is 0. The summed E-state index contributed by atoms with van der Waals surface area (Å²) in [5.41, 5.74) is 3.17. The lowest BCUT2D eigenvalue weighted by atomic mass is 10.1. The van der Waals surface area contributed by atoms with Crippen LogP contribution >= 0.6 is 0 Å². The maximum absolute atomic E-state index is 5.44. The summed E-state index contributed by atoms with van der Waals surface area (Å²) in [5, 5.41) is 12.3. The molecule has 110 valence electrons. The van der Waals surface area contributed by atoms with Crippen LogP contribution in [0, 0.1) is 6.92 Å². The topological polar surface area (TPSA) is 56.9 Å². The van der Waals surface area contributed by atoms with Crippen molar-refractivity contribution >= 4 is 0 Å². The molecule has 2 aromatic rings. The number of hydrogen-bond donors (Lipinski definition) is 1. The van der Waals surface area contributed by atoms with Crippen LogP contribution in [0.5, 0.6) is 5.75 Å². The largest absolute Gasteiger partial charge is 0.493 e. The first-order valence-electron chi connectivity index (χ1n) is 6.95. The Morgan fingerprint density at radius 2 is 2.15 bits per heavy atom. The average molecular weight is 277 g/mol. The van der Waals surface area contributed by atoms with Gasteiger partial charge in [-0.25, -0.2) is 0 Å². The number of hydrogen-bond acceptors (Lipinski definition) is 4. The molecule has 2 heterocycles. The third kappa shape index (κ3) is 2.56. The van der Waals surface area contributed by atoms with E-state index in [1.165, 1.54) is 0 Å². The van der Waals surface area contributed by atoms with Crippen LogP contribution in [0.1, 0.15) is 37.0 Å². The summed E-state index contributed by atoms with van der Waals surface area (Å²) in [6, 6.07) is 2.13. The molecule has 0 saturated carbocycles. The summed E-state index contributed by atoms with van der Waals surface area (Å²) in [4.78, 5) is 0. The Hall–Kier alpha value is -1.82. The van der Waals surface area contributed by atoms with Crippen molar-refractivity contribution in [3.63, 3.8) is 0 Å². The van der Waals surface area contributed by atoms with Crippen LogP contribution < -0.4 is 10.1 Å². The zero-order valence-corrected chi connectivity index (χ0v) is 12.8. The van der Waals surface area contributed by atoms with Gasteiger partial charge in [-0.15, -0.1) is 0 Å². The van der Waals surface area contributed by atoms with Crippen LogP contribution in [-0.4, -0.2) is 33.2 Å². The molecule has 6 heteroatoms. The van der Waals surface area contributed by atoms with Gasteiger partial charge in [0.05, 0.1) is 30.7 Å². The molecule has 0 aromatic carbocycles. The highest BCUT2D eigenvalue weighted by Crippen LogP contribution is 2.29. The monoisotopic (exact) mass is 277 g/mol. The Kier molecular flexibility index (Phi) is 4.44. The van der Waals surface area contributed by atoms with Crippen molar-refractivity contribution in [1.29, 1.82) is 0 Å². The lowest BCUT2D eigenvalue weighted by molar-refractivity contribution is 0.398. The van der Waals surface area contributed by atoms with E-state index >= 15 is 0 Å². The second-order valence-corrected chi connectivity index (χ2v) is 4.74. The van der Waals surface area contributed by atoms with Gasteiger partial charge >= 0.3 is 0 Å². The fourth-order valence-electron chi connectivity index (χ4n) is 2.51. The maximum atomic E-state index is 5.44. The quantitative estimate of drug-likeness (QED) is 0.872. The predicted molar refractivity (Wildman–Crippen MR) is 77.9 cm³/mol. The van der Waals surface area contributed by atoms with Crippen molar-refractivity contribution in [3.8, 4) is 5.75 Å². The van der Waals surface area contributed by atoms with Crippen molar-refractivity contribution in [3.05, 3.63) is 29.3 Å². The highest BCUT2D eigenvalue weighted by atomic mass is 16.5. The number of nitrogens with zero attached hydrogens (tertiary/aromatic N) is 4. The van der Waals surface area contributed by atoms with E-state index in [-0.39, 0.29) is 6.04 Å². The maximum Gasteiger partial charge on any atom is 0.161 e. The van der Waals surface area contributed by atoms with E-state index < -0.39 is 0 Å². The van der Waals surface area contributed by atoms with Crippen LogP contribution in [0.25, 0.3) is 0 Å². The molecule has 0 radical (unpaired) electrons. The molecule has 0 aliphatic heterocycles. The molecule has 0 bridgehead atoms. The summed E-state index contributed by atoms with van der Waals surface area (Å²) in [5.74, 6) is 0.792. The Morgan fingerprint density at radius 3 is 2.75 bits per heavy atom. The number of aryl methyl sites for hydroxylation is 3. The summed E-state index contributed by atoms with van der Waals surface area (Å²) < 4.78 is 9.32. The molecule has 20 heavy (non-hydrogen) atoms. The third-order valence-corrected chi connectivity index (χ3v) is 3.38. The normalized spacial score (nSPS) is 12.7. The Labute approximate surface area is 119 Å². The zero-order valence-electron chi connectivity index (χ0n) is 12.8. The lowest BCUT2D eigenvalue weighted by Crippen LogP contribution is -2.27. The second kappa shape index (κ2) is 6.09. The molecule has 2 rings (SSSR count). The molecule has 0 saturated heterocycles. The first kappa shape index (κ1) is 14.6. The van der Waals surface area contributed by atoms with Gasteiger partial charge < -0.3 is 10.1 Å². The van der Waals surface area contributed by atoms with Crippen LogP contribution in [0.3, 0.4) is 0 Å². The average Bonchev–Trinajstić information content (AvgIpc) is 2.99. The van der Waals surface area contributed by atoms with Gasteiger partial charge in [0.25, 0.3) is 0 Å². The molecule has 0 aliphatic carbocycles. The van der Waals surface area contributed by atoms with Gasteiger partial charge in [0.15, 0.2) is 5.75 Å². The fraction of sp³-hybridized carbons (Fsp3) is 0.571. The van der Waals surface area contributed by atoms with Gasteiger partial charge in [-0.1, -0.05) is 6.92 Å². The molecule has 0 amide bonds. The highest BCUT2D eigenvalue weighted by Gasteiger charge is 2.25. The van der Waals surface area contributed by atoms with Crippen LogP contribution in [-0.2, 0) is 13.6 Å². The summed E-state index contributed by atoms with van der Waals surface area (Å²) in [7, 11) is 3.60. The van der Waals surface area contributed by atoms with Crippen LogP contribution in [0.4, 0.5) is 0 Å². The first-order chi connectivity index (χ1) is 9.62. The first-order valence-corrected chi connectivity index (χ1v) is 6.95. The molecular weight excluding hydrogens is 254 g/mol. The predicted octanol–water partition coefficient (Wildman–Crippen LogP) is 1.65. The van der Waals surface area contributed by atoms with E-state index in [1.807, 2.05) is 23.3 Å². The summed E-state index contributed by atoms with van der Waals surface area (Å²) in [6.45, 7) is 7.89. The molecule has 1 unspecified atom stereocenters. The van der Waals surface area contributed by atoms with E-state index in [0.29, 0.717) is 0 Å². The molecule has 0 spiro atoms. The van der Waals surface area contributed by atoms with E-state index in [4.69, 9.17) is 4.74 Å². The fourth-order valence-corrected chi connectivity index (χ4v) is 2.51. The van der Waals surface area contributed by atoms with Gasteiger partial charge in [-0.2, -0.15) is 10.2 Å². The minimum Gasteiger partial charge on any atom is -0.493 e. The molecule has 1 atom stereocenters. The van der Waals surface area contributed by atoms with E-state index in [1.54, 1.807) is 13.3 Å². The Bertz CT molecular complexity index is 572. The van der Waals surface area contributed by atoms with Crippen LogP contribution in [0.2, 0.25) is 0 Å². The number of ether oxygens (including phenoxy) is 1. The van der Waals surface area contributed by atoms with Gasteiger partial charge in [0.1, 0.15) is 5.69 Å². The third-order valence-electron chi connectivity index (χ3n) is 3.38. The Morgan fingerprint density at radius 1 is 1.40 bits per heavy atom. The number of rotatable bonds is 6. The SMILES string of the molecule is CCNC(c1c(OC)cnn1C)c1cc(C)nn1CC. The van der Waals surface area contributed by atoms with Crippen molar-refractivity contribution < 1.29 is 4.74 Å². The minimum atomic E-state index is 0.0172. The molecule has 6 nitrogen and oxygen atoms in total. The molecule has 1 N–H and O–H groups in total. The standard InChI is InChI=1S/C14H23N5O/c1-6-15-13(11-8-10(3)17-19(11)7-2)14-12(20-5)9-16-18(14)4/h8-9,13,15H,6-7H2,1-5H3. The van der Waals surface area contributed by atoms with Crippen LogP contribution in [0.15, 0.2) is 12.3 Å². The number of methoxy groups -OCH3 is 1. The van der Waals surface area contributed by atoms with Crippen molar-refractivity contribution in [2.24, 2.45) is 7.05 Å². The molecule has 2 aromatic heterocycles. The molecule has 0 fully saturated rings.